The van der Waals surface area contributed by atoms with Crippen LogP contribution in [-0.2, 0) is 20.0 Å². The van der Waals surface area contributed by atoms with Crippen LogP contribution >= 0.6 is 0 Å². The Labute approximate surface area is 235 Å². The average molecular weight is 575 g/mol. The van der Waals surface area contributed by atoms with E-state index in [1.165, 1.54) is 24.3 Å². The normalized spacial score (nSPS) is 11.9. The molecule has 0 aliphatic rings. The van der Waals surface area contributed by atoms with Crippen LogP contribution in [0.25, 0.3) is 21.5 Å². The first-order chi connectivity index (χ1) is 19.0. The van der Waals surface area contributed by atoms with Gasteiger partial charge >= 0.3 is 0 Å². The van der Waals surface area contributed by atoms with Gasteiger partial charge in [0.05, 0.1) is 9.79 Å². The zero-order valence-corrected chi connectivity index (χ0v) is 24.2. The Hall–Kier alpha value is -4.28. The minimum Gasteiger partial charge on any atom is -0.377 e. The fourth-order valence-corrected chi connectivity index (χ4v) is 7.37. The van der Waals surface area contributed by atoms with Gasteiger partial charge in [0.1, 0.15) is 0 Å². The standard InChI is InChI=1S/C30H30N4O4S2/c1-33(2)27-13-5-11-25-23(27)9-7-15-29(25)39(35,36)31-21-17-19-22(20-18-21)32-40(37,38)30-16-8-10-24-26(30)12-6-14-28(24)34(3)4/h5-20,31-32H,1-4H3. The van der Waals surface area contributed by atoms with Crippen molar-refractivity contribution in [3.05, 3.63) is 97.1 Å². The van der Waals surface area contributed by atoms with E-state index in [-0.39, 0.29) is 9.79 Å². The predicted molar refractivity (Wildman–Crippen MR) is 165 cm³/mol. The van der Waals surface area contributed by atoms with Crippen molar-refractivity contribution in [2.45, 2.75) is 9.79 Å². The van der Waals surface area contributed by atoms with E-state index >= 15 is 0 Å². The highest BCUT2D eigenvalue weighted by Crippen LogP contribution is 2.33. The molecule has 0 bridgehead atoms. The molecule has 2 N–H and O–H groups in total. The fraction of sp³-hybridized carbons (Fsp3) is 0.133. The van der Waals surface area contributed by atoms with Gasteiger partial charge in [-0.3, -0.25) is 9.44 Å². The van der Waals surface area contributed by atoms with Crippen molar-refractivity contribution in [1.82, 2.24) is 0 Å². The smallest absolute Gasteiger partial charge is 0.262 e. The van der Waals surface area contributed by atoms with E-state index in [1.807, 2.05) is 74.4 Å². The highest BCUT2D eigenvalue weighted by molar-refractivity contribution is 7.93. The SMILES string of the molecule is CN(C)c1cccc2c(S(=O)(=O)Nc3ccc(NS(=O)(=O)c4cccc5c(N(C)C)cccc45)cc3)cccc12. The summed E-state index contributed by atoms with van der Waals surface area (Å²) in [7, 11) is -0.208. The molecule has 0 unspecified atom stereocenters. The molecule has 206 valence electrons. The summed E-state index contributed by atoms with van der Waals surface area (Å²) < 4.78 is 58.7. The molecule has 0 heterocycles. The Morgan fingerprint density at radius 2 is 0.775 bits per heavy atom. The maximum atomic E-state index is 13.4. The minimum atomic E-state index is -3.92. The molecule has 5 rings (SSSR count). The topological polar surface area (TPSA) is 98.8 Å². The van der Waals surface area contributed by atoms with Gasteiger partial charge in [-0.15, -0.1) is 0 Å². The average Bonchev–Trinajstić information content (AvgIpc) is 2.92. The lowest BCUT2D eigenvalue weighted by Crippen LogP contribution is -2.15. The number of anilines is 4. The lowest BCUT2D eigenvalue weighted by Gasteiger charge is -2.18. The summed E-state index contributed by atoms with van der Waals surface area (Å²) in [6.07, 6.45) is 0. The van der Waals surface area contributed by atoms with Gasteiger partial charge in [0.2, 0.25) is 0 Å². The highest BCUT2D eigenvalue weighted by Gasteiger charge is 2.21. The molecular formula is C30H30N4O4S2. The van der Waals surface area contributed by atoms with Crippen molar-refractivity contribution in [1.29, 1.82) is 0 Å². The largest absolute Gasteiger partial charge is 0.377 e. The quantitative estimate of drug-likeness (QED) is 0.246. The lowest BCUT2D eigenvalue weighted by atomic mass is 10.1. The van der Waals surface area contributed by atoms with Crippen molar-refractivity contribution >= 4 is 64.3 Å². The summed E-state index contributed by atoms with van der Waals surface area (Å²) in [6.45, 7) is 0. The van der Waals surface area contributed by atoms with E-state index in [9.17, 15) is 16.8 Å². The van der Waals surface area contributed by atoms with Crippen molar-refractivity contribution in [2.75, 3.05) is 47.4 Å². The lowest BCUT2D eigenvalue weighted by molar-refractivity contribution is 0.600. The van der Waals surface area contributed by atoms with Crippen LogP contribution in [0.15, 0.2) is 107 Å². The molecule has 0 aromatic heterocycles. The Kier molecular flexibility index (Phi) is 7.07. The first-order valence-electron chi connectivity index (χ1n) is 12.5. The third kappa shape index (κ3) is 5.15. The van der Waals surface area contributed by atoms with Gasteiger partial charge < -0.3 is 9.80 Å². The fourth-order valence-electron chi connectivity index (χ4n) is 4.80. The third-order valence-electron chi connectivity index (χ3n) is 6.65. The Balaban J connectivity index is 1.41. The monoisotopic (exact) mass is 574 g/mol. The van der Waals surface area contributed by atoms with Crippen LogP contribution in [0.5, 0.6) is 0 Å². The number of benzene rings is 5. The van der Waals surface area contributed by atoms with E-state index < -0.39 is 20.0 Å². The van der Waals surface area contributed by atoms with Crippen LogP contribution in [0, 0.1) is 0 Å². The van der Waals surface area contributed by atoms with Crippen molar-refractivity contribution in [3.63, 3.8) is 0 Å². The van der Waals surface area contributed by atoms with Crippen LogP contribution in [0.2, 0.25) is 0 Å². The van der Waals surface area contributed by atoms with Crippen LogP contribution in [-0.4, -0.2) is 45.0 Å². The molecule has 5 aromatic rings. The number of hydrogen-bond donors (Lipinski definition) is 2. The molecule has 0 atom stereocenters. The molecule has 40 heavy (non-hydrogen) atoms. The van der Waals surface area contributed by atoms with Crippen LogP contribution in [0.1, 0.15) is 0 Å². The van der Waals surface area contributed by atoms with Crippen molar-refractivity contribution < 1.29 is 16.8 Å². The Morgan fingerprint density at radius 3 is 1.12 bits per heavy atom. The first-order valence-corrected chi connectivity index (χ1v) is 15.5. The van der Waals surface area contributed by atoms with Gasteiger partial charge in [-0.05, 0) is 48.5 Å². The number of rotatable bonds is 8. The third-order valence-corrected chi connectivity index (χ3v) is 9.53. The number of sulfonamides is 2. The summed E-state index contributed by atoms with van der Waals surface area (Å²) in [5.41, 5.74) is 2.44. The van der Waals surface area contributed by atoms with Crippen LogP contribution in [0.3, 0.4) is 0 Å². The van der Waals surface area contributed by atoms with Gasteiger partial charge in [-0.25, -0.2) is 16.8 Å². The van der Waals surface area contributed by atoms with Gasteiger partial charge in [0, 0.05) is 72.5 Å². The summed E-state index contributed by atoms with van der Waals surface area (Å²) >= 11 is 0. The van der Waals surface area contributed by atoms with Crippen molar-refractivity contribution in [3.8, 4) is 0 Å². The molecule has 0 aliphatic heterocycles. The molecule has 0 spiro atoms. The molecule has 8 nitrogen and oxygen atoms in total. The second-order valence-corrected chi connectivity index (χ2v) is 13.1. The zero-order chi connectivity index (χ0) is 28.7. The van der Waals surface area contributed by atoms with Crippen LogP contribution in [0.4, 0.5) is 22.7 Å². The molecule has 0 amide bonds. The molecule has 10 heteroatoms. The van der Waals surface area contributed by atoms with E-state index in [0.717, 1.165) is 22.1 Å². The van der Waals surface area contributed by atoms with Gasteiger partial charge in [0.15, 0.2) is 0 Å². The summed E-state index contributed by atoms with van der Waals surface area (Å²) in [6, 6.07) is 27.6. The number of hydrogen-bond acceptors (Lipinski definition) is 6. The molecule has 0 fully saturated rings. The highest BCUT2D eigenvalue weighted by atomic mass is 32.2. The first kappa shape index (κ1) is 27.3. The second kappa shape index (κ2) is 10.4. The van der Waals surface area contributed by atoms with E-state index in [0.29, 0.717) is 22.1 Å². The number of nitrogens with one attached hydrogen (secondary N) is 2. The van der Waals surface area contributed by atoms with E-state index in [4.69, 9.17) is 0 Å². The van der Waals surface area contributed by atoms with Gasteiger partial charge in [0.25, 0.3) is 20.0 Å². The second-order valence-electron chi connectivity index (χ2n) is 9.83. The zero-order valence-electron chi connectivity index (χ0n) is 22.6. The number of nitrogens with zero attached hydrogens (tertiary/aromatic N) is 2. The van der Waals surface area contributed by atoms with Crippen molar-refractivity contribution in [2.24, 2.45) is 0 Å². The summed E-state index contributed by atoms with van der Waals surface area (Å²) in [5.74, 6) is 0. The molecule has 0 aliphatic carbocycles. The molecule has 5 aromatic carbocycles. The number of fused-ring (bicyclic) bond motifs is 2. The van der Waals surface area contributed by atoms with E-state index in [2.05, 4.69) is 9.44 Å². The predicted octanol–water partition coefficient (Wildman–Crippen LogP) is 5.73. The molecule has 0 saturated heterocycles. The Bertz CT molecular complexity index is 1790. The van der Waals surface area contributed by atoms with Crippen LogP contribution < -0.4 is 19.2 Å². The van der Waals surface area contributed by atoms with Gasteiger partial charge in [-0.2, -0.15) is 0 Å². The molecule has 0 saturated carbocycles. The minimum absolute atomic E-state index is 0.159. The van der Waals surface area contributed by atoms with E-state index in [1.54, 1.807) is 36.4 Å². The summed E-state index contributed by atoms with van der Waals surface area (Å²) in [5, 5.41) is 2.87. The maximum Gasteiger partial charge on any atom is 0.262 e. The molecule has 0 radical (unpaired) electrons. The van der Waals surface area contributed by atoms with Gasteiger partial charge in [-0.1, -0.05) is 48.5 Å². The molecular weight excluding hydrogens is 544 g/mol. The Morgan fingerprint density at radius 1 is 0.450 bits per heavy atom. The summed E-state index contributed by atoms with van der Waals surface area (Å²) in [4.78, 5) is 4.19. The maximum absolute atomic E-state index is 13.4.